The van der Waals surface area contributed by atoms with E-state index in [9.17, 15) is 5.26 Å². The number of nitriles is 1. The van der Waals surface area contributed by atoms with Crippen LogP contribution in [0.3, 0.4) is 0 Å². The molecule has 3 aromatic heterocycles. The van der Waals surface area contributed by atoms with E-state index in [-0.39, 0.29) is 5.82 Å². The van der Waals surface area contributed by atoms with Gasteiger partial charge < -0.3 is 19.5 Å². The van der Waals surface area contributed by atoms with E-state index in [0.29, 0.717) is 35.0 Å². The Bertz CT molecular complexity index is 952. The number of imidazole rings is 1. The molecule has 0 saturated heterocycles. The van der Waals surface area contributed by atoms with Gasteiger partial charge in [-0.3, -0.25) is 0 Å². The predicted octanol–water partition coefficient (Wildman–Crippen LogP) is 3.97. The van der Waals surface area contributed by atoms with Crippen molar-refractivity contribution in [2.24, 2.45) is 0 Å². The van der Waals surface area contributed by atoms with E-state index in [4.69, 9.17) is 14.9 Å². The normalized spacial score (nSPS) is 11.5. The summed E-state index contributed by atoms with van der Waals surface area (Å²) in [4.78, 5) is 8.68. The smallest absolute Gasteiger partial charge is 0.152 e. The van der Waals surface area contributed by atoms with Gasteiger partial charge >= 0.3 is 0 Å². The molecular formula is C19H23N5O2Si. The third-order valence-electron chi connectivity index (χ3n) is 4.08. The number of nitrogens with zero attached hydrogens (tertiary/aromatic N) is 4. The van der Waals surface area contributed by atoms with Crippen molar-refractivity contribution >= 4 is 13.9 Å². The molecule has 7 nitrogen and oxygen atoms in total. The van der Waals surface area contributed by atoms with Gasteiger partial charge in [-0.2, -0.15) is 5.26 Å². The van der Waals surface area contributed by atoms with E-state index in [1.165, 1.54) is 0 Å². The molecule has 0 spiro atoms. The number of furan rings is 1. The molecule has 2 N–H and O–H groups in total. The lowest BCUT2D eigenvalue weighted by atomic mass is 10.1. The number of nitrogen functional groups attached to an aromatic ring is 1. The lowest BCUT2D eigenvalue weighted by molar-refractivity contribution is 0.0872. The highest BCUT2D eigenvalue weighted by Gasteiger charge is 2.16. The third kappa shape index (κ3) is 4.64. The van der Waals surface area contributed by atoms with Crippen molar-refractivity contribution < 1.29 is 9.15 Å². The van der Waals surface area contributed by atoms with Crippen LogP contribution in [0.1, 0.15) is 5.56 Å². The summed E-state index contributed by atoms with van der Waals surface area (Å²) >= 11 is 0. The van der Waals surface area contributed by atoms with Crippen LogP contribution < -0.4 is 5.73 Å². The topological polar surface area (TPSA) is 103 Å². The van der Waals surface area contributed by atoms with Crippen LogP contribution in [0, 0.1) is 11.3 Å². The van der Waals surface area contributed by atoms with Gasteiger partial charge in [-0.15, -0.1) is 0 Å². The number of hydrogen-bond donors (Lipinski definition) is 1. The molecule has 0 radical (unpaired) electrons. The Kier molecular flexibility index (Phi) is 5.44. The van der Waals surface area contributed by atoms with E-state index < -0.39 is 8.07 Å². The van der Waals surface area contributed by atoms with Crippen molar-refractivity contribution in [1.29, 1.82) is 5.26 Å². The fraction of sp³-hybridized carbons (Fsp3) is 0.316. The standard InChI is InChI=1S/C19H23N5O2Si/c1-27(2,3)8-7-25-13-24-11-17(22-12-24)14-9-16(18-5-4-6-26-18)23-19(21)15(14)10-20/h4-6,9,11-12H,7-8,13H2,1-3H3,(H2,21,23). The zero-order chi connectivity index (χ0) is 19.4. The van der Waals surface area contributed by atoms with Gasteiger partial charge in [0.2, 0.25) is 0 Å². The minimum absolute atomic E-state index is 0.155. The van der Waals surface area contributed by atoms with Crippen molar-refractivity contribution in [3.05, 3.63) is 42.5 Å². The maximum Gasteiger partial charge on any atom is 0.152 e. The molecule has 8 heteroatoms. The molecule has 0 aliphatic carbocycles. The quantitative estimate of drug-likeness (QED) is 0.490. The summed E-state index contributed by atoms with van der Waals surface area (Å²) in [6.07, 6.45) is 5.10. The van der Waals surface area contributed by atoms with E-state index >= 15 is 0 Å². The molecule has 140 valence electrons. The second-order valence-corrected chi connectivity index (χ2v) is 13.1. The van der Waals surface area contributed by atoms with Crippen LogP contribution >= 0.6 is 0 Å². The number of hydrogen-bond acceptors (Lipinski definition) is 6. The average molecular weight is 382 g/mol. The van der Waals surface area contributed by atoms with Crippen LogP contribution in [0.4, 0.5) is 5.82 Å². The van der Waals surface area contributed by atoms with Crippen LogP contribution in [0.2, 0.25) is 25.7 Å². The maximum atomic E-state index is 9.49. The number of ether oxygens (including phenoxy) is 1. The molecule has 0 amide bonds. The molecule has 0 aliphatic rings. The molecular weight excluding hydrogens is 358 g/mol. The van der Waals surface area contributed by atoms with Crippen LogP contribution in [0.5, 0.6) is 0 Å². The van der Waals surface area contributed by atoms with Crippen molar-refractivity contribution in [2.75, 3.05) is 12.3 Å². The van der Waals surface area contributed by atoms with Gasteiger partial charge in [-0.25, -0.2) is 9.97 Å². The molecule has 0 aliphatic heterocycles. The van der Waals surface area contributed by atoms with Crippen LogP contribution in [-0.2, 0) is 11.5 Å². The van der Waals surface area contributed by atoms with E-state index in [2.05, 4.69) is 35.7 Å². The number of nitrogens with two attached hydrogens (primary N) is 1. The molecule has 0 aromatic carbocycles. The molecule has 0 unspecified atom stereocenters. The second-order valence-electron chi connectivity index (χ2n) is 7.53. The Hall–Kier alpha value is -2.89. The Labute approximate surface area is 159 Å². The van der Waals surface area contributed by atoms with Crippen molar-refractivity contribution in [3.8, 4) is 28.8 Å². The largest absolute Gasteiger partial charge is 0.463 e. The molecule has 27 heavy (non-hydrogen) atoms. The van der Waals surface area contributed by atoms with Gasteiger partial charge in [0.15, 0.2) is 5.76 Å². The summed E-state index contributed by atoms with van der Waals surface area (Å²) in [6.45, 7) is 8.11. The Morgan fingerprint density at radius 1 is 1.33 bits per heavy atom. The zero-order valence-electron chi connectivity index (χ0n) is 15.8. The number of rotatable bonds is 7. The fourth-order valence-electron chi connectivity index (χ4n) is 2.55. The Balaban J connectivity index is 1.82. The molecule has 0 bridgehead atoms. The number of anilines is 1. The second kappa shape index (κ2) is 7.78. The minimum atomic E-state index is -1.11. The van der Waals surface area contributed by atoms with E-state index in [0.717, 1.165) is 12.7 Å². The first kappa shape index (κ1) is 18.9. The lowest BCUT2D eigenvalue weighted by Crippen LogP contribution is -2.21. The Morgan fingerprint density at radius 2 is 2.15 bits per heavy atom. The first-order valence-corrected chi connectivity index (χ1v) is 12.4. The van der Waals surface area contributed by atoms with Gasteiger partial charge in [0, 0.05) is 26.4 Å². The first-order valence-electron chi connectivity index (χ1n) is 8.72. The molecule has 0 atom stereocenters. The maximum absolute atomic E-state index is 9.49. The van der Waals surface area contributed by atoms with Gasteiger partial charge in [-0.1, -0.05) is 19.6 Å². The van der Waals surface area contributed by atoms with Crippen LogP contribution in [-0.4, -0.2) is 29.2 Å². The lowest BCUT2D eigenvalue weighted by Gasteiger charge is -2.15. The predicted molar refractivity (Wildman–Crippen MR) is 106 cm³/mol. The van der Waals surface area contributed by atoms with Crippen molar-refractivity contribution in [1.82, 2.24) is 14.5 Å². The van der Waals surface area contributed by atoms with Crippen LogP contribution in [0.15, 0.2) is 41.4 Å². The highest BCUT2D eigenvalue weighted by Crippen LogP contribution is 2.30. The van der Waals surface area contributed by atoms with Crippen molar-refractivity contribution in [3.63, 3.8) is 0 Å². The third-order valence-corrected chi connectivity index (χ3v) is 5.78. The van der Waals surface area contributed by atoms with Gasteiger partial charge in [0.1, 0.15) is 29.9 Å². The zero-order valence-corrected chi connectivity index (χ0v) is 16.8. The van der Waals surface area contributed by atoms with Gasteiger partial charge in [0.05, 0.1) is 18.3 Å². The average Bonchev–Trinajstić information content (AvgIpc) is 3.29. The molecule has 3 heterocycles. The SMILES string of the molecule is C[Si](C)(C)CCOCn1cnc(-c2cc(-c3ccco3)nc(N)c2C#N)c1. The number of pyridine rings is 1. The fourth-order valence-corrected chi connectivity index (χ4v) is 3.31. The highest BCUT2D eigenvalue weighted by molar-refractivity contribution is 6.76. The summed E-state index contributed by atoms with van der Waals surface area (Å²) in [7, 11) is -1.11. The molecule has 0 saturated carbocycles. The number of aromatic nitrogens is 3. The minimum Gasteiger partial charge on any atom is -0.463 e. The highest BCUT2D eigenvalue weighted by atomic mass is 28.3. The summed E-state index contributed by atoms with van der Waals surface area (Å²) in [6, 6.07) is 8.57. The summed E-state index contributed by atoms with van der Waals surface area (Å²) < 4.78 is 13.0. The van der Waals surface area contributed by atoms with E-state index in [1.807, 2.05) is 10.8 Å². The summed E-state index contributed by atoms with van der Waals surface area (Å²) in [5, 5.41) is 9.49. The molecule has 0 fully saturated rings. The van der Waals surface area contributed by atoms with Gasteiger partial charge in [0.25, 0.3) is 0 Å². The molecule has 3 aromatic rings. The van der Waals surface area contributed by atoms with E-state index in [1.54, 1.807) is 30.8 Å². The first-order chi connectivity index (χ1) is 12.9. The monoisotopic (exact) mass is 381 g/mol. The summed E-state index contributed by atoms with van der Waals surface area (Å²) in [5.74, 6) is 0.740. The van der Waals surface area contributed by atoms with Crippen molar-refractivity contribution in [2.45, 2.75) is 32.4 Å². The van der Waals surface area contributed by atoms with Crippen LogP contribution in [0.25, 0.3) is 22.7 Å². The summed E-state index contributed by atoms with van der Waals surface area (Å²) in [5.41, 5.74) is 8.12. The van der Waals surface area contributed by atoms with Gasteiger partial charge in [-0.05, 0) is 24.2 Å². The Morgan fingerprint density at radius 3 is 2.81 bits per heavy atom. The molecule has 3 rings (SSSR count).